The lowest BCUT2D eigenvalue weighted by Gasteiger charge is -2.19. The molecule has 4 nitrogen and oxygen atoms in total. The second-order valence-corrected chi connectivity index (χ2v) is 7.95. The first-order chi connectivity index (χ1) is 13.0. The van der Waals surface area contributed by atoms with E-state index in [1.165, 1.54) is 11.1 Å². The number of nitrogens with one attached hydrogen (secondary N) is 1. The van der Waals surface area contributed by atoms with Gasteiger partial charge < -0.3 is 11.1 Å². The SMILES string of the molecule is Cc1cccc(C(C)C)c1NC(=O)CN1C[C@@H](CN)[C@H](c2ccccc2)C1. The summed E-state index contributed by atoms with van der Waals surface area (Å²) in [6.45, 7) is 9.16. The van der Waals surface area contributed by atoms with Crippen molar-refractivity contribution in [3.63, 3.8) is 0 Å². The van der Waals surface area contributed by atoms with Crippen LogP contribution in [0, 0.1) is 12.8 Å². The van der Waals surface area contributed by atoms with Gasteiger partial charge in [0.25, 0.3) is 0 Å². The van der Waals surface area contributed by atoms with Crippen LogP contribution < -0.4 is 11.1 Å². The van der Waals surface area contributed by atoms with Crippen molar-refractivity contribution in [2.45, 2.75) is 32.6 Å². The minimum Gasteiger partial charge on any atom is -0.330 e. The molecular formula is C23H31N3O. The van der Waals surface area contributed by atoms with Crippen LogP contribution in [-0.4, -0.2) is 37.0 Å². The van der Waals surface area contributed by atoms with Gasteiger partial charge in [-0.15, -0.1) is 0 Å². The van der Waals surface area contributed by atoms with Gasteiger partial charge in [0.15, 0.2) is 0 Å². The number of nitrogens with two attached hydrogens (primary N) is 1. The van der Waals surface area contributed by atoms with Crippen LogP contribution in [0.25, 0.3) is 0 Å². The van der Waals surface area contributed by atoms with Gasteiger partial charge in [-0.05, 0) is 42.0 Å². The third kappa shape index (κ3) is 4.57. The molecule has 0 aliphatic carbocycles. The maximum Gasteiger partial charge on any atom is 0.238 e. The summed E-state index contributed by atoms with van der Waals surface area (Å²) in [6.07, 6.45) is 0. The van der Waals surface area contributed by atoms with Crippen molar-refractivity contribution in [1.82, 2.24) is 4.90 Å². The molecule has 3 rings (SSSR count). The lowest BCUT2D eigenvalue weighted by molar-refractivity contribution is -0.117. The smallest absolute Gasteiger partial charge is 0.238 e. The number of hydrogen-bond donors (Lipinski definition) is 2. The van der Waals surface area contributed by atoms with Crippen molar-refractivity contribution in [1.29, 1.82) is 0 Å². The highest BCUT2D eigenvalue weighted by atomic mass is 16.2. The van der Waals surface area contributed by atoms with Crippen LogP contribution >= 0.6 is 0 Å². The first-order valence-electron chi connectivity index (χ1n) is 9.86. The number of carbonyl (C=O) groups is 1. The minimum atomic E-state index is 0.0516. The summed E-state index contributed by atoms with van der Waals surface area (Å²) < 4.78 is 0. The van der Waals surface area contributed by atoms with Crippen molar-refractivity contribution in [3.8, 4) is 0 Å². The second kappa shape index (κ2) is 8.68. The van der Waals surface area contributed by atoms with E-state index < -0.39 is 0 Å². The maximum absolute atomic E-state index is 12.7. The van der Waals surface area contributed by atoms with E-state index in [9.17, 15) is 4.79 Å². The molecule has 0 bridgehead atoms. The quantitative estimate of drug-likeness (QED) is 0.820. The van der Waals surface area contributed by atoms with Crippen LogP contribution in [0.2, 0.25) is 0 Å². The summed E-state index contributed by atoms with van der Waals surface area (Å²) in [5.41, 5.74) is 10.6. The maximum atomic E-state index is 12.7. The molecule has 1 aliphatic heterocycles. The van der Waals surface area contributed by atoms with Crippen LogP contribution in [0.4, 0.5) is 5.69 Å². The molecule has 2 atom stereocenters. The number of para-hydroxylation sites is 1. The highest BCUT2D eigenvalue weighted by Crippen LogP contribution is 2.32. The van der Waals surface area contributed by atoms with Crippen LogP contribution in [0.3, 0.4) is 0 Å². The Balaban J connectivity index is 1.67. The van der Waals surface area contributed by atoms with E-state index in [4.69, 9.17) is 5.73 Å². The van der Waals surface area contributed by atoms with Gasteiger partial charge in [0.2, 0.25) is 5.91 Å². The molecule has 1 aliphatic rings. The fourth-order valence-electron chi connectivity index (χ4n) is 4.13. The van der Waals surface area contributed by atoms with Crippen LogP contribution in [-0.2, 0) is 4.79 Å². The lowest BCUT2D eigenvalue weighted by atomic mass is 9.89. The molecule has 0 unspecified atom stereocenters. The molecule has 2 aromatic rings. The first-order valence-corrected chi connectivity index (χ1v) is 9.86. The van der Waals surface area contributed by atoms with Gasteiger partial charge in [-0.1, -0.05) is 62.4 Å². The molecular weight excluding hydrogens is 334 g/mol. The number of anilines is 1. The van der Waals surface area contributed by atoms with E-state index in [0.29, 0.717) is 30.8 Å². The summed E-state index contributed by atoms with van der Waals surface area (Å²) in [6, 6.07) is 16.7. The van der Waals surface area contributed by atoms with Crippen LogP contribution in [0.15, 0.2) is 48.5 Å². The number of aryl methyl sites for hydroxylation is 1. The largest absolute Gasteiger partial charge is 0.330 e. The molecule has 0 radical (unpaired) electrons. The molecule has 4 heteroatoms. The molecule has 3 N–H and O–H groups in total. The number of hydrogen-bond acceptors (Lipinski definition) is 3. The van der Waals surface area contributed by atoms with Gasteiger partial charge in [0.1, 0.15) is 0 Å². The Labute approximate surface area is 162 Å². The Kier molecular flexibility index (Phi) is 6.30. The molecule has 2 aromatic carbocycles. The van der Waals surface area contributed by atoms with E-state index in [1.807, 2.05) is 19.1 Å². The second-order valence-electron chi connectivity index (χ2n) is 7.95. The molecule has 1 amide bonds. The number of likely N-dealkylation sites (tertiary alicyclic amines) is 1. The van der Waals surface area contributed by atoms with Gasteiger partial charge in [0, 0.05) is 24.7 Å². The van der Waals surface area contributed by atoms with E-state index in [-0.39, 0.29) is 5.91 Å². The minimum absolute atomic E-state index is 0.0516. The molecule has 27 heavy (non-hydrogen) atoms. The van der Waals surface area contributed by atoms with E-state index in [2.05, 4.69) is 60.5 Å². The summed E-state index contributed by atoms with van der Waals surface area (Å²) >= 11 is 0. The molecule has 1 saturated heterocycles. The lowest BCUT2D eigenvalue weighted by Crippen LogP contribution is -2.32. The summed E-state index contributed by atoms with van der Waals surface area (Å²) in [4.78, 5) is 15.0. The Morgan fingerprint density at radius 2 is 1.89 bits per heavy atom. The average Bonchev–Trinajstić information content (AvgIpc) is 3.06. The van der Waals surface area contributed by atoms with Crippen molar-refractivity contribution in [2.24, 2.45) is 11.7 Å². The zero-order valence-corrected chi connectivity index (χ0v) is 16.6. The number of carbonyl (C=O) groups excluding carboxylic acids is 1. The molecule has 0 spiro atoms. The Hall–Kier alpha value is -2.17. The van der Waals surface area contributed by atoms with Gasteiger partial charge in [-0.2, -0.15) is 0 Å². The molecule has 0 saturated carbocycles. The molecule has 144 valence electrons. The topological polar surface area (TPSA) is 58.4 Å². The highest BCUT2D eigenvalue weighted by Gasteiger charge is 2.33. The molecule has 1 heterocycles. The standard InChI is InChI=1S/C23H31N3O/c1-16(2)20-11-7-8-17(3)23(20)25-22(27)15-26-13-19(12-24)21(14-26)18-9-5-4-6-10-18/h4-11,16,19,21H,12-15,24H2,1-3H3,(H,25,27)/t19-,21+/m1/s1. The Bertz CT molecular complexity index is 772. The predicted molar refractivity (Wildman–Crippen MR) is 112 cm³/mol. The van der Waals surface area contributed by atoms with Gasteiger partial charge in [-0.25, -0.2) is 0 Å². The number of amides is 1. The van der Waals surface area contributed by atoms with E-state index in [0.717, 1.165) is 24.3 Å². The summed E-state index contributed by atoms with van der Waals surface area (Å²) in [7, 11) is 0. The van der Waals surface area contributed by atoms with Gasteiger partial charge >= 0.3 is 0 Å². The predicted octanol–water partition coefficient (Wildman–Crippen LogP) is 3.73. The van der Waals surface area contributed by atoms with Gasteiger partial charge in [-0.3, -0.25) is 9.69 Å². The summed E-state index contributed by atoms with van der Waals surface area (Å²) in [5, 5.41) is 3.16. The van der Waals surface area contributed by atoms with Crippen molar-refractivity contribution in [3.05, 3.63) is 65.2 Å². The number of nitrogens with zero attached hydrogens (tertiary/aromatic N) is 1. The monoisotopic (exact) mass is 365 g/mol. The average molecular weight is 366 g/mol. The third-order valence-electron chi connectivity index (χ3n) is 5.61. The highest BCUT2D eigenvalue weighted by molar-refractivity contribution is 5.94. The van der Waals surface area contributed by atoms with Crippen molar-refractivity contribution >= 4 is 11.6 Å². The van der Waals surface area contributed by atoms with Crippen molar-refractivity contribution in [2.75, 3.05) is 31.5 Å². The molecule has 1 fully saturated rings. The third-order valence-corrected chi connectivity index (χ3v) is 5.61. The zero-order chi connectivity index (χ0) is 19.4. The van der Waals surface area contributed by atoms with Crippen molar-refractivity contribution < 1.29 is 4.79 Å². The first kappa shape index (κ1) is 19.6. The summed E-state index contributed by atoms with van der Waals surface area (Å²) in [5.74, 6) is 1.21. The van der Waals surface area contributed by atoms with Gasteiger partial charge in [0.05, 0.1) is 6.54 Å². The van der Waals surface area contributed by atoms with Crippen LogP contribution in [0.5, 0.6) is 0 Å². The fourth-order valence-corrected chi connectivity index (χ4v) is 4.13. The van der Waals surface area contributed by atoms with Crippen LogP contribution in [0.1, 0.15) is 42.4 Å². The van der Waals surface area contributed by atoms with E-state index >= 15 is 0 Å². The molecule has 0 aromatic heterocycles. The normalized spacial score (nSPS) is 20.2. The Morgan fingerprint density at radius 3 is 2.56 bits per heavy atom. The number of benzene rings is 2. The fraction of sp³-hybridized carbons (Fsp3) is 0.435. The van der Waals surface area contributed by atoms with E-state index in [1.54, 1.807) is 0 Å². The number of rotatable bonds is 6. The Morgan fingerprint density at radius 1 is 1.15 bits per heavy atom. The zero-order valence-electron chi connectivity index (χ0n) is 16.6.